The number of nitrogens with zero attached hydrogens (tertiary/aromatic N) is 1. The third kappa shape index (κ3) is 3.40. The number of carbonyl (C=O) groups excluding carboxylic acids is 2. The van der Waals surface area contributed by atoms with E-state index in [2.05, 4.69) is 5.32 Å². The summed E-state index contributed by atoms with van der Waals surface area (Å²) in [5, 5.41) is 2.74. The Labute approximate surface area is 141 Å². The van der Waals surface area contributed by atoms with E-state index in [0.29, 0.717) is 18.0 Å². The Hall–Kier alpha value is -2.82. The minimum absolute atomic E-state index is 0.186. The van der Waals surface area contributed by atoms with Gasteiger partial charge in [-0.1, -0.05) is 30.3 Å². The summed E-state index contributed by atoms with van der Waals surface area (Å²) in [6.07, 6.45) is 1.69. The molecule has 0 radical (unpaired) electrons. The molecule has 2 aromatic carbocycles. The van der Waals surface area contributed by atoms with Crippen molar-refractivity contribution in [1.29, 1.82) is 0 Å². The van der Waals surface area contributed by atoms with Crippen molar-refractivity contribution in [3.05, 3.63) is 54.1 Å². The maximum atomic E-state index is 12.5. The molecule has 3 rings (SSSR count). The number of amides is 2. The molecule has 0 bridgehead atoms. The molecule has 2 amide bonds. The van der Waals surface area contributed by atoms with Gasteiger partial charge in [-0.05, 0) is 36.6 Å². The average Bonchev–Trinajstić information content (AvgIpc) is 2.61. The number of anilines is 2. The highest BCUT2D eigenvalue weighted by molar-refractivity contribution is 6.09. The van der Waals surface area contributed by atoms with Gasteiger partial charge in [0.25, 0.3) is 0 Å². The van der Waals surface area contributed by atoms with Gasteiger partial charge in [0.1, 0.15) is 12.2 Å². The maximum Gasteiger partial charge on any atom is 0.236 e. The molecule has 0 atom stereocenters. The summed E-state index contributed by atoms with van der Waals surface area (Å²) in [5.74, 6) is 0.0451. The normalized spacial score (nSPS) is 13.1. The summed E-state index contributed by atoms with van der Waals surface area (Å²) < 4.78 is 5.20. The van der Waals surface area contributed by atoms with Crippen molar-refractivity contribution in [3.63, 3.8) is 0 Å². The van der Waals surface area contributed by atoms with Gasteiger partial charge >= 0.3 is 0 Å². The van der Waals surface area contributed by atoms with Gasteiger partial charge in [0.05, 0.1) is 12.8 Å². The molecule has 124 valence electrons. The fourth-order valence-electron chi connectivity index (χ4n) is 2.97. The number of aryl methyl sites for hydroxylation is 1. The summed E-state index contributed by atoms with van der Waals surface area (Å²) in [6.45, 7) is 0.651. The zero-order valence-corrected chi connectivity index (χ0v) is 13.6. The Morgan fingerprint density at radius 3 is 2.71 bits per heavy atom. The Kier molecular flexibility index (Phi) is 4.79. The van der Waals surface area contributed by atoms with E-state index in [1.165, 1.54) is 0 Å². The van der Waals surface area contributed by atoms with Gasteiger partial charge in [0.15, 0.2) is 0 Å². The standard InChI is InChI=1S/C19H20N2O3/c1-24-17-11-5-3-9-15(17)20-18(22)13-19(23)21-12-6-8-14-7-2-4-10-16(14)21/h2-5,7,9-11H,6,8,12-13H2,1H3,(H,20,22). The van der Waals surface area contributed by atoms with Gasteiger partial charge in [0, 0.05) is 12.2 Å². The number of nitrogens with one attached hydrogen (secondary N) is 1. The van der Waals surface area contributed by atoms with Crippen LogP contribution in [0.2, 0.25) is 0 Å². The molecule has 0 saturated carbocycles. The van der Waals surface area contributed by atoms with E-state index in [1.807, 2.05) is 30.3 Å². The molecule has 1 aliphatic rings. The first-order chi connectivity index (χ1) is 11.7. The summed E-state index contributed by atoms with van der Waals surface area (Å²) in [5.41, 5.74) is 2.64. The Balaban J connectivity index is 1.68. The zero-order chi connectivity index (χ0) is 16.9. The molecule has 2 aromatic rings. The molecule has 24 heavy (non-hydrogen) atoms. The second kappa shape index (κ2) is 7.17. The molecule has 0 saturated heterocycles. The van der Waals surface area contributed by atoms with Crippen LogP contribution in [0.5, 0.6) is 5.75 Å². The molecule has 5 heteroatoms. The van der Waals surface area contributed by atoms with Crippen molar-refractivity contribution < 1.29 is 14.3 Å². The molecule has 0 unspecified atom stereocenters. The van der Waals surface area contributed by atoms with E-state index in [9.17, 15) is 9.59 Å². The highest BCUT2D eigenvalue weighted by Crippen LogP contribution is 2.27. The Morgan fingerprint density at radius 1 is 1.12 bits per heavy atom. The van der Waals surface area contributed by atoms with Crippen LogP contribution >= 0.6 is 0 Å². The van der Waals surface area contributed by atoms with Gasteiger partial charge in [-0.25, -0.2) is 0 Å². The second-order valence-electron chi connectivity index (χ2n) is 5.70. The third-order valence-corrected chi connectivity index (χ3v) is 4.10. The lowest BCUT2D eigenvalue weighted by Gasteiger charge is -2.29. The number of rotatable bonds is 4. The average molecular weight is 324 g/mol. The lowest BCUT2D eigenvalue weighted by Crippen LogP contribution is -2.37. The molecule has 5 nitrogen and oxygen atoms in total. The van der Waals surface area contributed by atoms with Crippen LogP contribution in [-0.4, -0.2) is 25.5 Å². The van der Waals surface area contributed by atoms with Crippen LogP contribution in [0.25, 0.3) is 0 Å². The van der Waals surface area contributed by atoms with E-state index in [0.717, 1.165) is 24.1 Å². The predicted molar refractivity (Wildman–Crippen MR) is 93.4 cm³/mol. The lowest BCUT2D eigenvalue weighted by molar-refractivity contribution is -0.125. The summed E-state index contributed by atoms with van der Waals surface area (Å²) >= 11 is 0. The summed E-state index contributed by atoms with van der Waals surface area (Å²) in [6, 6.07) is 15.0. The van der Waals surface area contributed by atoms with E-state index in [-0.39, 0.29) is 18.2 Å². The number of hydrogen-bond acceptors (Lipinski definition) is 3. The molecule has 0 fully saturated rings. The fraction of sp³-hybridized carbons (Fsp3) is 0.263. The van der Waals surface area contributed by atoms with Crippen molar-refractivity contribution in [2.45, 2.75) is 19.3 Å². The van der Waals surface area contributed by atoms with Crippen LogP contribution in [0.1, 0.15) is 18.4 Å². The minimum Gasteiger partial charge on any atom is -0.495 e. The number of hydrogen-bond donors (Lipinski definition) is 1. The monoisotopic (exact) mass is 324 g/mol. The number of benzene rings is 2. The van der Waals surface area contributed by atoms with Crippen molar-refractivity contribution in [2.75, 3.05) is 23.9 Å². The Morgan fingerprint density at radius 2 is 1.88 bits per heavy atom. The first-order valence-electron chi connectivity index (χ1n) is 8.00. The first-order valence-corrected chi connectivity index (χ1v) is 8.00. The molecule has 1 heterocycles. The fourth-order valence-corrected chi connectivity index (χ4v) is 2.97. The van der Waals surface area contributed by atoms with E-state index in [4.69, 9.17) is 4.74 Å². The summed E-state index contributed by atoms with van der Waals surface area (Å²) in [4.78, 5) is 26.5. The first kappa shape index (κ1) is 16.1. The van der Waals surface area contributed by atoms with Gasteiger partial charge in [0.2, 0.25) is 11.8 Å². The topological polar surface area (TPSA) is 58.6 Å². The number of fused-ring (bicyclic) bond motifs is 1. The van der Waals surface area contributed by atoms with Gasteiger partial charge in [-0.15, -0.1) is 0 Å². The van der Waals surface area contributed by atoms with Crippen molar-refractivity contribution >= 4 is 23.2 Å². The molecular weight excluding hydrogens is 304 g/mol. The van der Waals surface area contributed by atoms with Gasteiger partial charge in [-0.3, -0.25) is 9.59 Å². The van der Waals surface area contributed by atoms with Crippen molar-refractivity contribution in [2.24, 2.45) is 0 Å². The van der Waals surface area contributed by atoms with Crippen LogP contribution in [0.15, 0.2) is 48.5 Å². The highest BCUT2D eigenvalue weighted by atomic mass is 16.5. The lowest BCUT2D eigenvalue weighted by atomic mass is 10.0. The van der Waals surface area contributed by atoms with E-state index >= 15 is 0 Å². The largest absolute Gasteiger partial charge is 0.495 e. The van der Waals surface area contributed by atoms with E-state index < -0.39 is 0 Å². The smallest absolute Gasteiger partial charge is 0.236 e. The number of carbonyl (C=O) groups is 2. The van der Waals surface area contributed by atoms with Crippen LogP contribution in [0.3, 0.4) is 0 Å². The number of methoxy groups -OCH3 is 1. The Bertz CT molecular complexity index is 758. The van der Waals surface area contributed by atoms with Crippen molar-refractivity contribution in [3.8, 4) is 5.75 Å². The van der Waals surface area contributed by atoms with Crippen LogP contribution < -0.4 is 15.0 Å². The third-order valence-electron chi connectivity index (χ3n) is 4.10. The maximum absolute atomic E-state index is 12.5. The molecular formula is C19H20N2O3. The summed E-state index contributed by atoms with van der Waals surface area (Å²) in [7, 11) is 1.54. The van der Waals surface area contributed by atoms with Crippen molar-refractivity contribution in [1.82, 2.24) is 0 Å². The molecule has 1 aliphatic heterocycles. The zero-order valence-electron chi connectivity index (χ0n) is 13.6. The SMILES string of the molecule is COc1ccccc1NC(=O)CC(=O)N1CCCc2ccccc21. The second-order valence-corrected chi connectivity index (χ2v) is 5.70. The van der Waals surface area contributed by atoms with Gasteiger partial charge < -0.3 is 15.0 Å². The predicted octanol–water partition coefficient (Wildman–Crippen LogP) is 3.00. The molecule has 1 N–H and O–H groups in total. The van der Waals surface area contributed by atoms with E-state index in [1.54, 1.807) is 30.2 Å². The molecule has 0 spiro atoms. The van der Waals surface area contributed by atoms with Crippen LogP contribution in [0.4, 0.5) is 11.4 Å². The highest BCUT2D eigenvalue weighted by Gasteiger charge is 2.24. The number of ether oxygens (including phenoxy) is 1. The minimum atomic E-state index is -0.340. The van der Waals surface area contributed by atoms with Crippen LogP contribution in [-0.2, 0) is 16.0 Å². The van der Waals surface area contributed by atoms with Crippen LogP contribution in [0, 0.1) is 0 Å². The van der Waals surface area contributed by atoms with Gasteiger partial charge in [-0.2, -0.15) is 0 Å². The number of para-hydroxylation sites is 3. The molecule has 0 aliphatic carbocycles. The quantitative estimate of drug-likeness (QED) is 0.880. The molecule has 0 aromatic heterocycles.